The van der Waals surface area contributed by atoms with Gasteiger partial charge in [-0.2, -0.15) is 0 Å². The number of hydrogen-bond donors (Lipinski definition) is 1. The Kier molecular flexibility index (Phi) is 4.96. The molecule has 112 valence electrons. The zero-order valence-corrected chi connectivity index (χ0v) is 13.3. The number of hydrogen-bond acceptors (Lipinski definition) is 3. The largest absolute Gasteiger partial charge is 0.344 e. The maximum absolute atomic E-state index is 12.3. The third-order valence-corrected chi connectivity index (χ3v) is 4.25. The average Bonchev–Trinajstić information content (AvgIpc) is 2.94. The second-order valence-electron chi connectivity index (χ2n) is 5.54. The normalized spacial score (nSPS) is 12.4. The number of nitrogens with zero attached hydrogens (tertiary/aromatic N) is 1. The molecule has 1 atom stereocenters. The number of carbonyl (C=O) groups is 1. The molecule has 1 N–H and O–H groups in total. The second kappa shape index (κ2) is 6.72. The Morgan fingerprint density at radius 2 is 2.14 bits per heavy atom. The van der Waals surface area contributed by atoms with Crippen LogP contribution >= 0.6 is 11.3 Å². The zero-order chi connectivity index (χ0) is 15.4. The monoisotopic (exact) mass is 304 g/mol. The number of thiophene rings is 1. The molecule has 2 aromatic rings. The van der Waals surface area contributed by atoms with Crippen LogP contribution in [0.4, 0.5) is 0 Å². The predicted octanol–water partition coefficient (Wildman–Crippen LogP) is 2.96. The van der Waals surface area contributed by atoms with E-state index in [1.165, 1.54) is 10.6 Å². The molecule has 0 spiro atoms. The summed E-state index contributed by atoms with van der Waals surface area (Å²) in [7, 11) is 1.66. The van der Waals surface area contributed by atoms with Gasteiger partial charge in [-0.05, 0) is 29.9 Å². The Balaban J connectivity index is 2.17. The Morgan fingerprint density at radius 3 is 2.71 bits per heavy atom. The maximum atomic E-state index is 12.3. The van der Waals surface area contributed by atoms with Crippen molar-refractivity contribution in [2.45, 2.75) is 26.3 Å². The Labute approximate surface area is 128 Å². The van der Waals surface area contributed by atoms with E-state index in [1.807, 2.05) is 17.5 Å². The summed E-state index contributed by atoms with van der Waals surface area (Å²) < 4.78 is 1.45. The summed E-state index contributed by atoms with van der Waals surface area (Å²) in [6, 6.07) is 7.04. The van der Waals surface area contributed by atoms with E-state index in [2.05, 4.69) is 19.2 Å². The topological polar surface area (TPSA) is 51.1 Å². The van der Waals surface area contributed by atoms with Crippen molar-refractivity contribution < 1.29 is 4.79 Å². The van der Waals surface area contributed by atoms with Gasteiger partial charge in [0.1, 0.15) is 0 Å². The molecule has 4 nitrogen and oxygen atoms in total. The Hall–Kier alpha value is -1.88. The van der Waals surface area contributed by atoms with Crippen LogP contribution in [0.15, 0.2) is 40.6 Å². The number of carbonyl (C=O) groups excluding carboxylic acids is 1. The van der Waals surface area contributed by atoms with Crippen LogP contribution < -0.4 is 10.9 Å². The van der Waals surface area contributed by atoms with Crippen molar-refractivity contribution in [3.8, 4) is 0 Å². The van der Waals surface area contributed by atoms with Gasteiger partial charge in [0.25, 0.3) is 11.5 Å². The van der Waals surface area contributed by atoms with Crippen molar-refractivity contribution in [1.29, 1.82) is 0 Å². The van der Waals surface area contributed by atoms with Crippen LogP contribution in [-0.2, 0) is 7.05 Å². The van der Waals surface area contributed by atoms with Crippen molar-refractivity contribution in [1.82, 2.24) is 9.88 Å². The third-order valence-electron chi connectivity index (χ3n) is 3.27. The molecule has 0 unspecified atom stereocenters. The van der Waals surface area contributed by atoms with Crippen LogP contribution in [0.2, 0.25) is 0 Å². The van der Waals surface area contributed by atoms with Gasteiger partial charge in [0.15, 0.2) is 0 Å². The van der Waals surface area contributed by atoms with E-state index < -0.39 is 0 Å². The highest BCUT2D eigenvalue weighted by Crippen LogP contribution is 2.25. The first-order valence-corrected chi connectivity index (χ1v) is 7.86. The molecule has 0 bridgehead atoms. The first-order valence-electron chi connectivity index (χ1n) is 6.98. The summed E-state index contributed by atoms with van der Waals surface area (Å²) in [6.45, 7) is 4.26. The number of rotatable bonds is 5. The van der Waals surface area contributed by atoms with Crippen LogP contribution in [0, 0.1) is 5.92 Å². The summed E-state index contributed by atoms with van der Waals surface area (Å²) in [5, 5.41) is 5.04. The van der Waals surface area contributed by atoms with Gasteiger partial charge < -0.3 is 9.88 Å². The highest BCUT2D eigenvalue weighted by atomic mass is 32.1. The standard InChI is InChI=1S/C16H20N2O2S/c1-11(2)9-13(14-5-4-8-21-14)17-16(20)12-6-7-18(3)15(19)10-12/h4-8,10-11,13H,9H2,1-3H3,(H,17,20)/t13-/m1/s1. The van der Waals surface area contributed by atoms with E-state index in [0.717, 1.165) is 11.3 Å². The molecule has 0 aliphatic carbocycles. The van der Waals surface area contributed by atoms with E-state index in [4.69, 9.17) is 0 Å². The van der Waals surface area contributed by atoms with Crippen molar-refractivity contribution in [3.05, 3.63) is 56.6 Å². The predicted molar refractivity (Wildman–Crippen MR) is 85.7 cm³/mol. The van der Waals surface area contributed by atoms with Crippen molar-refractivity contribution in [2.75, 3.05) is 0 Å². The van der Waals surface area contributed by atoms with Gasteiger partial charge in [-0.25, -0.2) is 0 Å². The number of pyridine rings is 1. The van der Waals surface area contributed by atoms with Crippen molar-refractivity contribution in [2.24, 2.45) is 13.0 Å². The lowest BCUT2D eigenvalue weighted by Gasteiger charge is -2.19. The molecule has 5 heteroatoms. The van der Waals surface area contributed by atoms with Gasteiger partial charge in [-0.3, -0.25) is 9.59 Å². The molecule has 2 heterocycles. The van der Waals surface area contributed by atoms with Gasteiger partial charge in [0, 0.05) is 29.8 Å². The molecule has 0 aromatic carbocycles. The fourth-order valence-electron chi connectivity index (χ4n) is 2.14. The van der Waals surface area contributed by atoms with E-state index >= 15 is 0 Å². The minimum Gasteiger partial charge on any atom is -0.344 e. The summed E-state index contributed by atoms with van der Waals surface area (Å²) in [4.78, 5) is 25.1. The fraction of sp³-hybridized carbons (Fsp3) is 0.375. The van der Waals surface area contributed by atoms with Gasteiger partial charge in [0.2, 0.25) is 0 Å². The van der Waals surface area contributed by atoms with E-state index in [-0.39, 0.29) is 17.5 Å². The van der Waals surface area contributed by atoms with E-state index in [1.54, 1.807) is 30.6 Å². The summed E-state index contributed by atoms with van der Waals surface area (Å²) in [5.74, 6) is 0.271. The molecule has 2 rings (SSSR count). The molecular formula is C16H20N2O2S. The Bertz CT molecular complexity index is 659. The van der Waals surface area contributed by atoms with E-state index in [0.29, 0.717) is 11.5 Å². The number of aryl methyl sites for hydroxylation is 1. The molecule has 0 fully saturated rings. The Morgan fingerprint density at radius 1 is 1.38 bits per heavy atom. The van der Waals surface area contributed by atoms with Gasteiger partial charge in [0.05, 0.1) is 6.04 Å². The SMILES string of the molecule is CC(C)C[C@@H](NC(=O)c1ccn(C)c(=O)c1)c1cccs1. The highest BCUT2D eigenvalue weighted by Gasteiger charge is 2.18. The quantitative estimate of drug-likeness (QED) is 0.923. The molecule has 21 heavy (non-hydrogen) atoms. The summed E-state index contributed by atoms with van der Waals surface area (Å²) >= 11 is 1.64. The number of aromatic nitrogens is 1. The minimum atomic E-state index is -0.202. The average molecular weight is 304 g/mol. The van der Waals surface area contributed by atoms with E-state index in [9.17, 15) is 9.59 Å². The van der Waals surface area contributed by atoms with Crippen LogP contribution in [-0.4, -0.2) is 10.5 Å². The lowest BCUT2D eigenvalue weighted by Crippen LogP contribution is -2.30. The van der Waals surface area contributed by atoms with Crippen molar-refractivity contribution >= 4 is 17.2 Å². The molecule has 2 aromatic heterocycles. The highest BCUT2D eigenvalue weighted by molar-refractivity contribution is 7.10. The smallest absolute Gasteiger partial charge is 0.252 e. The molecule has 0 aliphatic rings. The van der Waals surface area contributed by atoms with Crippen LogP contribution in [0.25, 0.3) is 0 Å². The lowest BCUT2D eigenvalue weighted by molar-refractivity contribution is 0.0932. The van der Waals surface area contributed by atoms with Crippen molar-refractivity contribution in [3.63, 3.8) is 0 Å². The first kappa shape index (κ1) is 15.5. The molecule has 0 saturated carbocycles. The summed E-state index contributed by atoms with van der Waals surface area (Å²) in [6.07, 6.45) is 2.48. The third kappa shape index (κ3) is 4.04. The van der Waals surface area contributed by atoms with Crippen LogP contribution in [0.1, 0.15) is 41.5 Å². The fourth-order valence-corrected chi connectivity index (χ4v) is 2.93. The van der Waals surface area contributed by atoms with Gasteiger partial charge in [-0.1, -0.05) is 19.9 Å². The maximum Gasteiger partial charge on any atom is 0.252 e. The molecule has 0 radical (unpaired) electrons. The molecular weight excluding hydrogens is 284 g/mol. The number of nitrogens with one attached hydrogen (secondary N) is 1. The van der Waals surface area contributed by atoms with Gasteiger partial charge >= 0.3 is 0 Å². The molecule has 0 saturated heterocycles. The lowest BCUT2D eigenvalue weighted by atomic mass is 10.0. The molecule has 0 aliphatic heterocycles. The zero-order valence-electron chi connectivity index (χ0n) is 12.5. The number of amides is 1. The molecule has 1 amide bonds. The second-order valence-corrected chi connectivity index (χ2v) is 6.51. The minimum absolute atomic E-state index is 0.0124. The first-order chi connectivity index (χ1) is 9.97. The van der Waals surface area contributed by atoms with Crippen LogP contribution in [0.3, 0.4) is 0 Å². The van der Waals surface area contributed by atoms with Crippen LogP contribution in [0.5, 0.6) is 0 Å². The summed E-state index contributed by atoms with van der Waals surface area (Å²) in [5.41, 5.74) is 0.225. The van der Waals surface area contributed by atoms with Gasteiger partial charge in [-0.15, -0.1) is 11.3 Å².